The summed E-state index contributed by atoms with van der Waals surface area (Å²) in [5.74, 6) is -0.147. The number of aromatic amines is 2. The van der Waals surface area contributed by atoms with E-state index in [1.807, 2.05) is 12.3 Å². The summed E-state index contributed by atoms with van der Waals surface area (Å²) in [6.45, 7) is 13.1. The second-order valence-corrected chi connectivity index (χ2v) is 9.64. The Morgan fingerprint density at radius 3 is 2.39 bits per heavy atom. The molecular formula is C25H29FN2. The maximum absolute atomic E-state index is 14.7. The smallest absolute Gasteiger partial charge is 0.132 e. The number of rotatable bonds is 3. The van der Waals surface area contributed by atoms with Crippen molar-refractivity contribution in [3.63, 3.8) is 0 Å². The van der Waals surface area contributed by atoms with Gasteiger partial charge >= 0.3 is 0 Å². The van der Waals surface area contributed by atoms with Crippen LogP contribution in [-0.4, -0.2) is 9.97 Å². The molecule has 146 valence electrons. The SMILES string of the molecule is Cc1[nH]c2ccccc2c1C(C)(C)Cc1ccc(F)c2c(C(C)(C)C)c[nH]c12. The molecule has 0 saturated heterocycles. The van der Waals surface area contributed by atoms with E-state index in [1.165, 1.54) is 22.2 Å². The first-order valence-electron chi connectivity index (χ1n) is 9.96. The molecule has 0 atom stereocenters. The summed E-state index contributed by atoms with van der Waals surface area (Å²) in [5.41, 5.74) is 6.61. The van der Waals surface area contributed by atoms with E-state index in [4.69, 9.17) is 0 Å². The van der Waals surface area contributed by atoms with Crippen molar-refractivity contribution >= 4 is 21.8 Å². The number of aromatic nitrogens is 2. The summed E-state index contributed by atoms with van der Waals surface area (Å²) in [7, 11) is 0. The molecule has 0 saturated carbocycles. The number of hydrogen-bond donors (Lipinski definition) is 2. The van der Waals surface area contributed by atoms with Crippen LogP contribution in [0.3, 0.4) is 0 Å². The van der Waals surface area contributed by atoms with Gasteiger partial charge in [0.15, 0.2) is 0 Å². The maximum Gasteiger partial charge on any atom is 0.132 e. The van der Waals surface area contributed by atoms with Gasteiger partial charge in [-0.05, 0) is 53.0 Å². The molecule has 0 bridgehead atoms. The molecule has 2 aromatic heterocycles. The molecule has 2 heterocycles. The first-order valence-corrected chi connectivity index (χ1v) is 9.96. The summed E-state index contributed by atoms with van der Waals surface area (Å²) in [4.78, 5) is 6.90. The van der Waals surface area contributed by atoms with Gasteiger partial charge in [0.05, 0.1) is 5.52 Å². The third kappa shape index (κ3) is 2.94. The third-order valence-corrected chi connectivity index (χ3v) is 5.88. The molecule has 4 rings (SSSR count). The zero-order valence-corrected chi connectivity index (χ0v) is 17.6. The van der Waals surface area contributed by atoms with E-state index in [0.29, 0.717) is 0 Å². The molecule has 2 N–H and O–H groups in total. The highest BCUT2D eigenvalue weighted by Gasteiger charge is 2.29. The number of benzene rings is 2. The van der Waals surface area contributed by atoms with Crippen molar-refractivity contribution in [2.45, 2.75) is 58.8 Å². The number of halogens is 1. The van der Waals surface area contributed by atoms with Crippen LogP contribution in [0.1, 0.15) is 57.0 Å². The van der Waals surface area contributed by atoms with Crippen LogP contribution in [0.15, 0.2) is 42.6 Å². The van der Waals surface area contributed by atoms with Gasteiger partial charge in [0.2, 0.25) is 0 Å². The van der Waals surface area contributed by atoms with E-state index in [-0.39, 0.29) is 16.6 Å². The van der Waals surface area contributed by atoms with Gasteiger partial charge in [-0.2, -0.15) is 0 Å². The highest BCUT2D eigenvalue weighted by molar-refractivity contribution is 5.89. The Bertz CT molecular complexity index is 1170. The Labute approximate surface area is 166 Å². The van der Waals surface area contributed by atoms with Crippen LogP contribution in [0.25, 0.3) is 21.8 Å². The number of H-pyrrole nitrogens is 2. The summed E-state index contributed by atoms with van der Waals surface area (Å²) >= 11 is 0. The van der Waals surface area contributed by atoms with E-state index in [9.17, 15) is 4.39 Å². The molecule has 0 radical (unpaired) electrons. The van der Waals surface area contributed by atoms with Crippen molar-refractivity contribution in [1.82, 2.24) is 9.97 Å². The summed E-state index contributed by atoms with van der Waals surface area (Å²) in [6, 6.07) is 12.0. The van der Waals surface area contributed by atoms with Crippen LogP contribution >= 0.6 is 0 Å². The van der Waals surface area contributed by atoms with E-state index in [0.717, 1.165) is 28.5 Å². The standard InChI is InChI=1S/C25H29FN2/c1-15-22(17-9-7-8-10-20(17)28-15)25(5,6)13-16-11-12-19(26)21-18(24(2,3)4)14-27-23(16)21/h7-12,14,27-28H,13H2,1-6H3. The fourth-order valence-electron chi connectivity index (χ4n) is 4.72. The molecule has 3 heteroatoms. The van der Waals surface area contributed by atoms with E-state index < -0.39 is 0 Å². The lowest BCUT2D eigenvalue weighted by atomic mass is 9.77. The van der Waals surface area contributed by atoms with Crippen LogP contribution in [0, 0.1) is 12.7 Å². The topological polar surface area (TPSA) is 31.6 Å². The van der Waals surface area contributed by atoms with Gasteiger partial charge in [0.25, 0.3) is 0 Å². The number of para-hydroxylation sites is 1. The van der Waals surface area contributed by atoms with Crippen molar-refractivity contribution in [1.29, 1.82) is 0 Å². The molecule has 0 aliphatic heterocycles. The minimum absolute atomic E-state index is 0.0958. The number of fused-ring (bicyclic) bond motifs is 2. The average molecular weight is 377 g/mol. The van der Waals surface area contributed by atoms with Crippen molar-refractivity contribution in [3.8, 4) is 0 Å². The van der Waals surface area contributed by atoms with Crippen molar-refractivity contribution in [2.24, 2.45) is 0 Å². The van der Waals surface area contributed by atoms with E-state index in [1.54, 1.807) is 6.07 Å². The second-order valence-electron chi connectivity index (χ2n) is 9.64. The average Bonchev–Trinajstić information content (AvgIpc) is 3.18. The lowest BCUT2D eigenvalue weighted by molar-refractivity contribution is 0.524. The Hall–Kier alpha value is -2.55. The molecule has 0 aliphatic rings. The van der Waals surface area contributed by atoms with Crippen LogP contribution in [0.5, 0.6) is 0 Å². The largest absolute Gasteiger partial charge is 0.361 e. The molecule has 4 aromatic rings. The van der Waals surface area contributed by atoms with E-state index in [2.05, 4.69) is 75.8 Å². The molecular weight excluding hydrogens is 347 g/mol. The fraction of sp³-hybridized carbons (Fsp3) is 0.360. The van der Waals surface area contributed by atoms with Crippen molar-refractivity contribution in [3.05, 3.63) is 70.8 Å². The van der Waals surface area contributed by atoms with Gasteiger partial charge in [-0.15, -0.1) is 0 Å². The Balaban J connectivity index is 1.84. The number of nitrogens with one attached hydrogen (secondary N) is 2. The number of hydrogen-bond acceptors (Lipinski definition) is 0. The van der Waals surface area contributed by atoms with Crippen molar-refractivity contribution in [2.75, 3.05) is 0 Å². The quantitative estimate of drug-likeness (QED) is 0.389. The summed E-state index contributed by atoms with van der Waals surface area (Å²) in [5, 5.41) is 2.00. The van der Waals surface area contributed by atoms with Crippen LogP contribution in [0.2, 0.25) is 0 Å². The van der Waals surface area contributed by atoms with Crippen LogP contribution < -0.4 is 0 Å². The molecule has 28 heavy (non-hydrogen) atoms. The molecule has 2 aromatic carbocycles. The highest BCUT2D eigenvalue weighted by Crippen LogP contribution is 2.39. The number of aryl methyl sites for hydroxylation is 1. The van der Waals surface area contributed by atoms with Gasteiger partial charge in [-0.3, -0.25) is 0 Å². The zero-order valence-electron chi connectivity index (χ0n) is 17.6. The monoisotopic (exact) mass is 376 g/mol. The molecule has 2 nitrogen and oxygen atoms in total. The lowest BCUT2D eigenvalue weighted by Gasteiger charge is -2.26. The normalized spacial score (nSPS) is 13.0. The third-order valence-electron chi connectivity index (χ3n) is 5.88. The Morgan fingerprint density at radius 2 is 1.68 bits per heavy atom. The maximum atomic E-state index is 14.7. The van der Waals surface area contributed by atoms with Gasteiger partial charge in [0, 0.05) is 28.2 Å². The molecule has 0 aliphatic carbocycles. The first-order chi connectivity index (χ1) is 13.1. The summed E-state index contributed by atoms with van der Waals surface area (Å²) in [6.07, 6.45) is 2.80. The molecule has 0 fully saturated rings. The summed E-state index contributed by atoms with van der Waals surface area (Å²) < 4.78 is 14.7. The second kappa shape index (κ2) is 6.23. The van der Waals surface area contributed by atoms with Gasteiger partial charge in [-0.25, -0.2) is 4.39 Å². The molecule has 0 unspecified atom stereocenters. The Morgan fingerprint density at radius 1 is 0.964 bits per heavy atom. The lowest BCUT2D eigenvalue weighted by Crippen LogP contribution is -2.21. The predicted octanol–water partition coefficient (Wildman–Crippen LogP) is 6.91. The van der Waals surface area contributed by atoms with Gasteiger partial charge in [-0.1, -0.05) is 58.9 Å². The molecule has 0 spiro atoms. The van der Waals surface area contributed by atoms with Crippen molar-refractivity contribution < 1.29 is 4.39 Å². The zero-order chi connectivity index (χ0) is 20.3. The predicted molar refractivity (Wildman–Crippen MR) is 117 cm³/mol. The minimum Gasteiger partial charge on any atom is -0.361 e. The minimum atomic E-state index is -0.147. The van der Waals surface area contributed by atoms with Gasteiger partial charge < -0.3 is 9.97 Å². The van der Waals surface area contributed by atoms with Crippen LogP contribution in [0.4, 0.5) is 4.39 Å². The highest BCUT2D eigenvalue weighted by atomic mass is 19.1. The Kier molecular flexibility index (Phi) is 4.18. The fourth-order valence-corrected chi connectivity index (χ4v) is 4.72. The first kappa shape index (κ1) is 18.8. The van der Waals surface area contributed by atoms with Gasteiger partial charge in [0.1, 0.15) is 5.82 Å². The van der Waals surface area contributed by atoms with Crippen LogP contribution in [-0.2, 0) is 17.3 Å². The van der Waals surface area contributed by atoms with E-state index >= 15 is 0 Å². The molecule has 0 amide bonds.